The lowest BCUT2D eigenvalue weighted by Gasteiger charge is -2.10. The fraction of sp³-hybridized carbons (Fsp3) is 0.750. The molecule has 0 radical (unpaired) electrons. The number of amidine groups is 1. The Morgan fingerprint density at radius 1 is 1.47 bits per heavy atom. The van der Waals surface area contributed by atoms with Crippen molar-refractivity contribution in [1.29, 1.82) is 5.41 Å². The highest BCUT2D eigenvalue weighted by atomic mass is 32.2. The summed E-state index contributed by atoms with van der Waals surface area (Å²) in [7, 11) is -3.91. The van der Waals surface area contributed by atoms with E-state index >= 15 is 0 Å². The monoisotopic (exact) mass is 266 g/mol. The van der Waals surface area contributed by atoms with Crippen LogP contribution in [0.1, 0.15) is 26.7 Å². The minimum absolute atomic E-state index is 0.0172. The van der Waals surface area contributed by atoms with Gasteiger partial charge in [0.05, 0.1) is 11.9 Å². The molecule has 0 atom stereocenters. The molecule has 0 aromatic carbocycles. The highest BCUT2D eigenvalue weighted by molar-refractivity contribution is 7.88. The molecule has 0 heterocycles. The zero-order chi connectivity index (χ0) is 13.5. The first kappa shape index (κ1) is 15.7. The molecule has 0 aliphatic heterocycles. The van der Waals surface area contributed by atoms with Gasteiger partial charge in [-0.2, -0.15) is 13.1 Å². The average Bonchev–Trinajstić information content (AvgIpc) is 2.09. The van der Waals surface area contributed by atoms with Crippen LogP contribution in [0.5, 0.6) is 0 Å². The topological polar surface area (TPSA) is 134 Å². The number of nitrogens with one attached hydrogen (secondary N) is 3. The van der Waals surface area contributed by atoms with Crippen LogP contribution in [0.4, 0.5) is 4.79 Å². The third kappa shape index (κ3) is 9.57. The summed E-state index contributed by atoms with van der Waals surface area (Å²) in [6.45, 7) is 3.29. The summed E-state index contributed by atoms with van der Waals surface area (Å²) in [5, 5.41) is 6.93. The van der Waals surface area contributed by atoms with Crippen LogP contribution in [-0.2, 0) is 14.9 Å². The van der Waals surface area contributed by atoms with E-state index in [2.05, 4.69) is 9.46 Å². The summed E-state index contributed by atoms with van der Waals surface area (Å²) in [6.07, 6.45) is -0.754. The minimum atomic E-state index is -3.91. The van der Waals surface area contributed by atoms with Crippen LogP contribution < -0.4 is 15.2 Å². The minimum Gasteiger partial charge on any atom is -0.446 e. The quantitative estimate of drug-likeness (QED) is 0.284. The van der Waals surface area contributed by atoms with Gasteiger partial charge in [0, 0.05) is 13.0 Å². The Kier molecular flexibility index (Phi) is 6.51. The van der Waals surface area contributed by atoms with E-state index in [-0.39, 0.29) is 12.4 Å². The molecule has 0 saturated heterocycles. The lowest BCUT2D eigenvalue weighted by atomic mass is 10.3. The van der Waals surface area contributed by atoms with Crippen molar-refractivity contribution in [2.24, 2.45) is 5.73 Å². The van der Waals surface area contributed by atoms with E-state index in [1.54, 1.807) is 18.6 Å². The van der Waals surface area contributed by atoms with Crippen LogP contribution in [0.3, 0.4) is 0 Å². The van der Waals surface area contributed by atoms with E-state index in [9.17, 15) is 13.2 Å². The number of carbonyl (C=O) groups excluding carboxylic acids is 1. The molecule has 0 aromatic heterocycles. The van der Waals surface area contributed by atoms with Crippen molar-refractivity contribution in [3.63, 3.8) is 0 Å². The van der Waals surface area contributed by atoms with E-state index in [1.165, 1.54) is 0 Å². The smallest absolute Gasteiger partial charge is 0.422 e. The molecule has 8 nitrogen and oxygen atoms in total. The molecule has 0 unspecified atom stereocenters. The van der Waals surface area contributed by atoms with E-state index < -0.39 is 22.4 Å². The average molecular weight is 266 g/mol. The van der Waals surface area contributed by atoms with Gasteiger partial charge in [0.1, 0.15) is 0 Å². The Labute approximate surface area is 101 Å². The lowest BCUT2D eigenvalue weighted by molar-refractivity contribution is 0.121. The molecule has 9 heteroatoms. The Balaban J connectivity index is 3.96. The number of amides is 1. The second-order valence-electron chi connectivity index (χ2n) is 3.58. The Hall–Kier alpha value is -1.35. The van der Waals surface area contributed by atoms with Gasteiger partial charge >= 0.3 is 16.3 Å². The second kappa shape index (κ2) is 7.07. The van der Waals surface area contributed by atoms with Gasteiger partial charge < -0.3 is 10.5 Å². The number of ether oxygens (including phenoxy) is 1. The van der Waals surface area contributed by atoms with Crippen LogP contribution in [0.15, 0.2) is 0 Å². The van der Waals surface area contributed by atoms with Gasteiger partial charge in [-0.25, -0.2) is 9.52 Å². The van der Waals surface area contributed by atoms with Gasteiger partial charge in [-0.1, -0.05) is 0 Å². The normalized spacial score (nSPS) is 11.2. The first-order valence-electron chi connectivity index (χ1n) is 5.04. The number of hydrogen-bond donors (Lipinski definition) is 4. The van der Waals surface area contributed by atoms with E-state index in [4.69, 9.17) is 11.1 Å². The Bertz CT molecular complexity index is 366. The first-order valence-corrected chi connectivity index (χ1v) is 6.52. The largest absolute Gasteiger partial charge is 0.446 e. The molecular formula is C8H18N4O4S. The van der Waals surface area contributed by atoms with Crippen molar-refractivity contribution in [2.75, 3.05) is 6.54 Å². The summed E-state index contributed by atoms with van der Waals surface area (Å²) in [5.74, 6) is -0.0172. The summed E-state index contributed by atoms with van der Waals surface area (Å²) < 4.78 is 30.9. The summed E-state index contributed by atoms with van der Waals surface area (Å²) in [4.78, 5) is 11.0. The molecule has 0 aliphatic carbocycles. The van der Waals surface area contributed by atoms with Crippen LogP contribution in [0.2, 0.25) is 0 Å². The maximum Gasteiger partial charge on any atom is 0.422 e. The van der Waals surface area contributed by atoms with Crippen molar-refractivity contribution < 1.29 is 17.9 Å². The second-order valence-corrected chi connectivity index (χ2v) is 5.08. The van der Waals surface area contributed by atoms with Gasteiger partial charge in [0.25, 0.3) is 0 Å². The zero-order valence-electron chi connectivity index (χ0n) is 9.82. The van der Waals surface area contributed by atoms with E-state index in [0.29, 0.717) is 12.8 Å². The SMILES string of the molecule is CC(C)OC(=O)NS(=O)(=O)NCCCC(=N)N. The molecular weight excluding hydrogens is 248 g/mol. The molecule has 100 valence electrons. The van der Waals surface area contributed by atoms with Gasteiger partial charge in [0.2, 0.25) is 0 Å². The third-order valence-electron chi connectivity index (χ3n) is 1.48. The molecule has 0 bridgehead atoms. The van der Waals surface area contributed by atoms with Crippen LogP contribution in [0, 0.1) is 5.41 Å². The number of nitrogens with two attached hydrogens (primary N) is 1. The molecule has 0 aliphatic rings. The van der Waals surface area contributed by atoms with Gasteiger partial charge in [-0.15, -0.1) is 0 Å². The molecule has 1 amide bonds. The molecule has 0 saturated carbocycles. The summed E-state index contributed by atoms with van der Waals surface area (Å²) >= 11 is 0. The Morgan fingerprint density at radius 2 is 2.06 bits per heavy atom. The fourth-order valence-electron chi connectivity index (χ4n) is 0.869. The number of rotatable bonds is 7. The standard InChI is InChI=1S/C8H18N4O4S/c1-6(2)16-8(13)12-17(14,15)11-5-3-4-7(9)10/h6,11H,3-5H2,1-2H3,(H3,9,10)(H,12,13). The lowest BCUT2D eigenvalue weighted by Crippen LogP contribution is -2.41. The van der Waals surface area contributed by atoms with Gasteiger partial charge in [-0.05, 0) is 20.3 Å². The van der Waals surface area contributed by atoms with Crippen molar-refractivity contribution in [2.45, 2.75) is 32.8 Å². The van der Waals surface area contributed by atoms with Crippen molar-refractivity contribution in [1.82, 2.24) is 9.44 Å². The highest BCUT2D eigenvalue weighted by Crippen LogP contribution is 1.91. The van der Waals surface area contributed by atoms with Crippen molar-refractivity contribution in [3.8, 4) is 0 Å². The molecule has 0 spiro atoms. The number of carbonyl (C=O) groups is 1. The summed E-state index contributed by atoms with van der Waals surface area (Å²) in [5.41, 5.74) is 5.09. The van der Waals surface area contributed by atoms with Gasteiger partial charge in [-0.3, -0.25) is 5.41 Å². The fourth-order valence-corrected chi connectivity index (χ4v) is 1.62. The van der Waals surface area contributed by atoms with Crippen molar-refractivity contribution >= 4 is 22.1 Å². The summed E-state index contributed by atoms with van der Waals surface area (Å²) in [6, 6.07) is 0. The number of hydrogen-bond acceptors (Lipinski definition) is 5. The molecule has 0 rings (SSSR count). The van der Waals surface area contributed by atoms with Crippen LogP contribution in [-0.4, -0.2) is 33.0 Å². The predicted octanol–water partition coefficient (Wildman–Crippen LogP) is -0.328. The zero-order valence-corrected chi connectivity index (χ0v) is 10.6. The van der Waals surface area contributed by atoms with Gasteiger partial charge in [0.15, 0.2) is 0 Å². The maximum absolute atomic E-state index is 11.3. The molecule has 0 fully saturated rings. The molecule has 5 N–H and O–H groups in total. The van der Waals surface area contributed by atoms with Crippen LogP contribution >= 0.6 is 0 Å². The van der Waals surface area contributed by atoms with E-state index in [1.807, 2.05) is 0 Å². The maximum atomic E-state index is 11.3. The first-order chi connectivity index (χ1) is 7.73. The van der Waals surface area contributed by atoms with Crippen molar-refractivity contribution in [3.05, 3.63) is 0 Å². The van der Waals surface area contributed by atoms with E-state index in [0.717, 1.165) is 0 Å². The highest BCUT2D eigenvalue weighted by Gasteiger charge is 2.15. The third-order valence-corrected chi connectivity index (χ3v) is 2.49. The predicted molar refractivity (Wildman–Crippen MR) is 62.8 cm³/mol. The van der Waals surface area contributed by atoms with Crippen LogP contribution in [0.25, 0.3) is 0 Å². The molecule has 0 aromatic rings. The Morgan fingerprint density at radius 3 is 2.53 bits per heavy atom. The molecule has 17 heavy (non-hydrogen) atoms.